The normalized spacial score (nSPS) is 15.0. The minimum absolute atomic E-state index is 0.0424. The number of ether oxygens (including phenoxy) is 1. The Kier molecular flexibility index (Phi) is 6.92. The summed E-state index contributed by atoms with van der Waals surface area (Å²) in [6.07, 6.45) is -3.55. The van der Waals surface area contributed by atoms with Crippen LogP contribution >= 0.6 is 11.6 Å². The second kappa shape index (κ2) is 9.98. The Morgan fingerprint density at radius 3 is 2.37 bits per heavy atom. The molecule has 0 spiro atoms. The van der Waals surface area contributed by atoms with Crippen LogP contribution < -0.4 is 15.0 Å². The molecule has 0 unspecified atom stereocenters. The number of carbonyl (C=O) groups is 3. The van der Waals surface area contributed by atoms with E-state index in [2.05, 4.69) is 5.32 Å². The SMILES string of the molecule is Cc1c(Cl)cccc1N1C(=O)NC(=O)/C(=C\c2ccc(Oc3ccc(C(F)(F)F)cc3[N+](=O)[O-])cc2)C1=O. The van der Waals surface area contributed by atoms with Crippen LogP contribution in [-0.2, 0) is 15.8 Å². The number of halogens is 4. The van der Waals surface area contributed by atoms with Crippen molar-refractivity contribution in [1.29, 1.82) is 0 Å². The van der Waals surface area contributed by atoms with Crippen molar-refractivity contribution in [2.75, 3.05) is 4.90 Å². The molecule has 4 rings (SSSR count). The van der Waals surface area contributed by atoms with Gasteiger partial charge in [0, 0.05) is 11.1 Å². The number of alkyl halides is 3. The van der Waals surface area contributed by atoms with Crippen molar-refractivity contribution in [1.82, 2.24) is 5.32 Å². The van der Waals surface area contributed by atoms with E-state index in [4.69, 9.17) is 16.3 Å². The largest absolute Gasteiger partial charge is 0.450 e. The third kappa shape index (κ3) is 5.20. The van der Waals surface area contributed by atoms with Gasteiger partial charge in [0.2, 0.25) is 5.75 Å². The van der Waals surface area contributed by atoms with Gasteiger partial charge in [-0.1, -0.05) is 29.8 Å². The van der Waals surface area contributed by atoms with E-state index in [0.29, 0.717) is 28.3 Å². The van der Waals surface area contributed by atoms with Gasteiger partial charge in [0.1, 0.15) is 11.3 Å². The van der Waals surface area contributed by atoms with E-state index in [1.165, 1.54) is 36.4 Å². The Labute approximate surface area is 217 Å². The average molecular weight is 546 g/mol. The van der Waals surface area contributed by atoms with E-state index in [0.717, 1.165) is 11.0 Å². The lowest BCUT2D eigenvalue weighted by Gasteiger charge is -2.27. The molecule has 1 aliphatic heterocycles. The van der Waals surface area contributed by atoms with Crippen LogP contribution in [0.1, 0.15) is 16.7 Å². The number of hydrogen-bond acceptors (Lipinski definition) is 6. The van der Waals surface area contributed by atoms with E-state index < -0.39 is 45.9 Å². The molecule has 4 amide bonds. The lowest BCUT2D eigenvalue weighted by atomic mass is 10.1. The number of anilines is 1. The zero-order valence-corrected chi connectivity index (χ0v) is 20.0. The van der Waals surface area contributed by atoms with Crippen LogP contribution in [0.5, 0.6) is 11.5 Å². The molecular formula is C25H15ClF3N3O6. The van der Waals surface area contributed by atoms with Crippen LogP contribution in [-0.4, -0.2) is 22.8 Å². The number of benzene rings is 3. The first-order valence-electron chi connectivity index (χ1n) is 10.7. The van der Waals surface area contributed by atoms with Crippen LogP contribution in [0.15, 0.2) is 66.2 Å². The molecule has 194 valence electrons. The Bertz CT molecular complexity index is 1520. The quantitative estimate of drug-likeness (QED) is 0.181. The molecule has 1 N–H and O–H groups in total. The summed E-state index contributed by atoms with van der Waals surface area (Å²) in [4.78, 5) is 49.0. The molecule has 0 radical (unpaired) electrons. The van der Waals surface area contributed by atoms with Crippen molar-refractivity contribution >= 4 is 46.9 Å². The molecule has 13 heteroatoms. The predicted molar refractivity (Wildman–Crippen MR) is 130 cm³/mol. The van der Waals surface area contributed by atoms with E-state index in [1.807, 2.05) is 0 Å². The second-order valence-corrected chi connectivity index (χ2v) is 8.36. The molecule has 38 heavy (non-hydrogen) atoms. The molecule has 0 saturated carbocycles. The molecule has 9 nitrogen and oxygen atoms in total. The third-order valence-electron chi connectivity index (χ3n) is 5.48. The van der Waals surface area contributed by atoms with Crippen molar-refractivity contribution in [3.05, 3.63) is 98.1 Å². The fourth-order valence-corrected chi connectivity index (χ4v) is 3.73. The molecule has 3 aromatic rings. The number of barbiturate groups is 1. The van der Waals surface area contributed by atoms with Gasteiger partial charge in [0.05, 0.1) is 16.2 Å². The molecule has 0 atom stereocenters. The Morgan fingerprint density at radius 2 is 1.74 bits per heavy atom. The zero-order valence-electron chi connectivity index (χ0n) is 19.2. The number of hydrogen-bond donors (Lipinski definition) is 1. The summed E-state index contributed by atoms with van der Waals surface area (Å²) in [6, 6.07) is 11.0. The predicted octanol–water partition coefficient (Wildman–Crippen LogP) is 6.03. The maximum atomic E-state index is 13.1. The van der Waals surface area contributed by atoms with Crippen LogP contribution in [0.25, 0.3) is 6.08 Å². The number of nitrogens with one attached hydrogen (secondary N) is 1. The minimum atomic E-state index is -4.77. The summed E-state index contributed by atoms with van der Waals surface area (Å²) in [5, 5.41) is 13.7. The van der Waals surface area contributed by atoms with Gasteiger partial charge in [0.15, 0.2) is 0 Å². The zero-order chi connectivity index (χ0) is 27.8. The Hall–Kier alpha value is -4.71. The van der Waals surface area contributed by atoms with Crippen molar-refractivity contribution in [2.24, 2.45) is 0 Å². The summed E-state index contributed by atoms with van der Waals surface area (Å²) in [5.41, 5.74) is -1.46. The molecular weight excluding hydrogens is 531 g/mol. The van der Waals surface area contributed by atoms with Gasteiger partial charge in [-0.3, -0.25) is 25.0 Å². The monoisotopic (exact) mass is 545 g/mol. The van der Waals surface area contributed by atoms with Crippen molar-refractivity contribution in [3.8, 4) is 11.5 Å². The lowest BCUT2D eigenvalue weighted by Crippen LogP contribution is -2.54. The van der Waals surface area contributed by atoms with Gasteiger partial charge in [-0.15, -0.1) is 0 Å². The molecule has 1 heterocycles. The molecule has 1 fully saturated rings. The summed E-state index contributed by atoms with van der Waals surface area (Å²) in [7, 11) is 0. The standard InChI is InChI=1S/C25H15ClF3N3O6/c1-13-18(26)3-2-4-19(13)31-23(34)17(22(33)30-24(31)35)11-14-5-8-16(9-6-14)38-21-10-7-15(25(27,28)29)12-20(21)32(36)37/h2-12H,1H3,(H,30,33,35)/b17-11+. The fraction of sp³-hybridized carbons (Fsp3) is 0.0800. The van der Waals surface area contributed by atoms with Crippen molar-refractivity contribution < 1.29 is 37.2 Å². The van der Waals surface area contributed by atoms with Gasteiger partial charge in [-0.05, 0) is 60.5 Å². The highest BCUT2D eigenvalue weighted by Crippen LogP contribution is 2.38. The van der Waals surface area contributed by atoms with Gasteiger partial charge in [-0.25, -0.2) is 9.69 Å². The maximum Gasteiger partial charge on any atom is 0.416 e. The van der Waals surface area contributed by atoms with Gasteiger partial charge >= 0.3 is 17.9 Å². The first-order chi connectivity index (χ1) is 17.9. The van der Waals surface area contributed by atoms with Crippen LogP contribution in [0.2, 0.25) is 5.02 Å². The lowest BCUT2D eigenvalue weighted by molar-refractivity contribution is -0.385. The van der Waals surface area contributed by atoms with E-state index in [9.17, 15) is 37.7 Å². The highest BCUT2D eigenvalue weighted by atomic mass is 35.5. The molecule has 0 aliphatic carbocycles. The number of carbonyl (C=O) groups excluding carboxylic acids is 3. The first-order valence-corrected chi connectivity index (χ1v) is 11.0. The molecule has 1 saturated heterocycles. The fourth-order valence-electron chi connectivity index (χ4n) is 3.56. The van der Waals surface area contributed by atoms with Crippen molar-refractivity contribution in [3.63, 3.8) is 0 Å². The maximum absolute atomic E-state index is 13.1. The van der Waals surface area contributed by atoms with E-state index in [-0.39, 0.29) is 17.0 Å². The number of nitro benzene ring substituents is 1. The van der Waals surface area contributed by atoms with Crippen molar-refractivity contribution in [2.45, 2.75) is 13.1 Å². The third-order valence-corrected chi connectivity index (χ3v) is 5.89. The number of urea groups is 1. The van der Waals surface area contributed by atoms with Gasteiger partial charge in [0.25, 0.3) is 11.8 Å². The van der Waals surface area contributed by atoms with Gasteiger partial charge < -0.3 is 4.74 Å². The van der Waals surface area contributed by atoms with E-state index >= 15 is 0 Å². The molecule has 3 aromatic carbocycles. The van der Waals surface area contributed by atoms with Crippen LogP contribution in [0.4, 0.5) is 29.3 Å². The number of amides is 4. The number of nitro groups is 1. The van der Waals surface area contributed by atoms with Crippen LogP contribution in [0.3, 0.4) is 0 Å². The molecule has 1 aliphatic rings. The molecule has 0 bridgehead atoms. The second-order valence-electron chi connectivity index (χ2n) is 7.95. The average Bonchev–Trinajstić information content (AvgIpc) is 2.84. The summed E-state index contributed by atoms with van der Waals surface area (Å²) in [6.45, 7) is 1.61. The topological polar surface area (TPSA) is 119 Å². The number of imide groups is 2. The number of nitrogens with zero attached hydrogens (tertiary/aromatic N) is 2. The van der Waals surface area contributed by atoms with Gasteiger partial charge in [-0.2, -0.15) is 13.2 Å². The highest BCUT2D eigenvalue weighted by Gasteiger charge is 2.37. The van der Waals surface area contributed by atoms with Crippen LogP contribution in [0, 0.1) is 17.0 Å². The highest BCUT2D eigenvalue weighted by molar-refractivity contribution is 6.39. The first kappa shape index (κ1) is 26.4. The number of rotatable bonds is 5. The molecule has 0 aromatic heterocycles. The Balaban J connectivity index is 1.60. The summed E-state index contributed by atoms with van der Waals surface area (Å²) >= 11 is 6.10. The smallest absolute Gasteiger partial charge is 0.416 e. The van der Waals surface area contributed by atoms with E-state index in [1.54, 1.807) is 19.1 Å². The summed E-state index contributed by atoms with van der Waals surface area (Å²) in [5.74, 6) is -2.18. The Morgan fingerprint density at radius 1 is 1.05 bits per heavy atom. The summed E-state index contributed by atoms with van der Waals surface area (Å²) < 4.78 is 44.1. The minimum Gasteiger partial charge on any atom is -0.450 e.